The van der Waals surface area contributed by atoms with Crippen LogP contribution in [0.2, 0.25) is 0 Å². The van der Waals surface area contributed by atoms with E-state index >= 15 is 0 Å². The minimum Gasteiger partial charge on any atom is -0.362 e. The number of carbonyl (C=O) groups is 1. The van der Waals surface area contributed by atoms with Crippen molar-refractivity contribution >= 4 is 5.91 Å². The molecular formula is C12H22N4O2. The fourth-order valence-electron chi connectivity index (χ4n) is 1.64. The zero-order valence-electron chi connectivity index (χ0n) is 11.3. The average Bonchev–Trinajstić information content (AvgIpc) is 2.83. The van der Waals surface area contributed by atoms with Gasteiger partial charge in [0, 0.05) is 26.4 Å². The lowest BCUT2D eigenvalue weighted by Crippen LogP contribution is -2.35. The molecule has 1 aromatic rings. The first-order chi connectivity index (χ1) is 8.71. The summed E-state index contributed by atoms with van der Waals surface area (Å²) in [6.07, 6.45) is 1.73. The molecule has 0 saturated heterocycles. The molecule has 1 heterocycles. The Bertz CT molecular complexity index is 361. The Kier molecular flexibility index (Phi) is 6.38. The molecule has 6 nitrogen and oxygen atoms in total. The zero-order valence-corrected chi connectivity index (χ0v) is 11.3. The first kappa shape index (κ1) is 14.7. The van der Waals surface area contributed by atoms with E-state index in [1.165, 1.54) is 0 Å². The lowest BCUT2D eigenvalue weighted by molar-refractivity contribution is 0.0936. The van der Waals surface area contributed by atoms with E-state index in [-0.39, 0.29) is 5.91 Å². The molecule has 0 fully saturated rings. The van der Waals surface area contributed by atoms with Gasteiger partial charge in [0.1, 0.15) is 12.4 Å². The fourth-order valence-corrected chi connectivity index (χ4v) is 1.64. The normalized spacial score (nSPS) is 10.9. The molecule has 0 aliphatic rings. The molecule has 6 heteroatoms. The number of hydrogen-bond acceptors (Lipinski definition) is 4. The summed E-state index contributed by atoms with van der Waals surface area (Å²) in [5.41, 5.74) is 0.423. The second-order valence-electron chi connectivity index (χ2n) is 3.94. The van der Waals surface area contributed by atoms with Crippen molar-refractivity contribution in [1.29, 1.82) is 0 Å². The Morgan fingerprint density at radius 2 is 2.22 bits per heavy atom. The Hall–Kier alpha value is -1.40. The van der Waals surface area contributed by atoms with Crippen molar-refractivity contribution in [1.82, 2.24) is 20.0 Å². The maximum absolute atomic E-state index is 11.8. The molecule has 0 aliphatic carbocycles. The van der Waals surface area contributed by atoms with Crippen LogP contribution in [0.4, 0.5) is 0 Å². The van der Waals surface area contributed by atoms with Crippen molar-refractivity contribution in [2.24, 2.45) is 0 Å². The molecule has 1 aromatic heterocycles. The van der Waals surface area contributed by atoms with Crippen molar-refractivity contribution < 1.29 is 9.53 Å². The van der Waals surface area contributed by atoms with Crippen molar-refractivity contribution in [2.75, 3.05) is 33.3 Å². The largest absolute Gasteiger partial charge is 0.362 e. The summed E-state index contributed by atoms with van der Waals surface area (Å²) >= 11 is 0. The molecule has 102 valence electrons. The minimum atomic E-state index is -0.142. The molecule has 0 unspecified atom stereocenters. The molecule has 1 amide bonds. The number of aromatic nitrogens is 2. The third-order valence-electron chi connectivity index (χ3n) is 2.74. The first-order valence-electron chi connectivity index (χ1n) is 6.24. The lowest BCUT2D eigenvalue weighted by Gasteiger charge is -2.17. The van der Waals surface area contributed by atoms with E-state index in [9.17, 15) is 4.79 Å². The van der Waals surface area contributed by atoms with Gasteiger partial charge in [0.25, 0.3) is 5.91 Å². The zero-order chi connectivity index (χ0) is 13.4. The summed E-state index contributed by atoms with van der Waals surface area (Å²) in [4.78, 5) is 14.0. The Labute approximate surface area is 108 Å². The van der Waals surface area contributed by atoms with Crippen LogP contribution in [0.3, 0.4) is 0 Å². The predicted molar refractivity (Wildman–Crippen MR) is 69.4 cm³/mol. The number of hydrogen-bond donors (Lipinski definition) is 1. The van der Waals surface area contributed by atoms with E-state index in [0.717, 1.165) is 19.6 Å². The highest BCUT2D eigenvalue weighted by atomic mass is 16.5. The standard InChI is InChI=1S/C12H22N4O2/c1-4-15(5-2)9-7-13-12(17)11-6-8-16(14-11)10-18-3/h6,8H,4-5,7,9-10H2,1-3H3,(H,13,17). The van der Waals surface area contributed by atoms with Gasteiger partial charge in [-0.15, -0.1) is 0 Å². The van der Waals surface area contributed by atoms with E-state index in [1.807, 2.05) is 0 Å². The third kappa shape index (κ3) is 4.46. The minimum absolute atomic E-state index is 0.142. The van der Waals surface area contributed by atoms with Crippen LogP contribution in [-0.4, -0.2) is 53.9 Å². The molecule has 18 heavy (non-hydrogen) atoms. The predicted octanol–water partition coefficient (Wildman–Crippen LogP) is 0.559. The van der Waals surface area contributed by atoms with Gasteiger partial charge in [-0.05, 0) is 19.2 Å². The number of nitrogens with one attached hydrogen (secondary N) is 1. The highest BCUT2D eigenvalue weighted by Crippen LogP contribution is 1.96. The van der Waals surface area contributed by atoms with Gasteiger partial charge in [-0.3, -0.25) is 4.79 Å². The van der Waals surface area contributed by atoms with Gasteiger partial charge in [0.2, 0.25) is 0 Å². The van der Waals surface area contributed by atoms with Crippen LogP contribution in [-0.2, 0) is 11.5 Å². The summed E-state index contributed by atoms with van der Waals surface area (Å²) in [6.45, 7) is 8.06. The molecule has 0 aliphatic heterocycles. The van der Waals surface area contributed by atoms with Gasteiger partial charge in [0.05, 0.1) is 0 Å². The number of rotatable bonds is 8. The van der Waals surface area contributed by atoms with Crippen molar-refractivity contribution in [3.63, 3.8) is 0 Å². The van der Waals surface area contributed by atoms with Crippen LogP contribution in [0.5, 0.6) is 0 Å². The molecule has 1 N–H and O–H groups in total. The maximum Gasteiger partial charge on any atom is 0.271 e. The molecule has 0 saturated carbocycles. The highest BCUT2D eigenvalue weighted by Gasteiger charge is 2.09. The number of methoxy groups -OCH3 is 1. The van der Waals surface area contributed by atoms with Crippen LogP contribution >= 0.6 is 0 Å². The molecule has 0 aromatic carbocycles. The van der Waals surface area contributed by atoms with Crippen LogP contribution in [0, 0.1) is 0 Å². The monoisotopic (exact) mass is 254 g/mol. The Morgan fingerprint density at radius 1 is 1.50 bits per heavy atom. The molecule has 0 spiro atoms. The smallest absolute Gasteiger partial charge is 0.271 e. The van der Waals surface area contributed by atoms with Gasteiger partial charge in [0.15, 0.2) is 0 Å². The lowest BCUT2D eigenvalue weighted by atomic mass is 10.4. The first-order valence-corrected chi connectivity index (χ1v) is 6.24. The molecule has 0 atom stereocenters. The van der Waals surface area contributed by atoms with Crippen molar-refractivity contribution in [3.05, 3.63) is 18.0 Å². The highest BCUT2D eigenvalue weighted by molar-refractivity contribution is 5.92. The van der Waals surface area contributed by atoms with Gasteiger partial charge >= 0.3 is 0 Å². The van der Waals surface area contributed by atoms with Crippen LogP contribution in [0.25, 0.3) is 0 Å². The van der Waals surface area contributed by atoms with Crippen LogP contribution in [0.15, 0.2) is 12.3 Å². The number of carbonyl (C=O) groups excluding carboxylic acids is 1. The van der Waals surface area contributed by atoms with E-state index in [1.54, 1.807) is 24.1 Å². The molecular weight excluding hydrogens is 232 g/mol. The molecule has 1 rings (SSSR count). The van der Waals surface area contributed by atoms with E-state index < -0.39 is 0 Å². The number of nitrogens with zero attached hydrogens (tertiary/aromatic N) is 3. The third-order valence-corrected chi connectivity index (χ3v) is 2.74. The summed E-state index contributed by atoms with van der Waals surface area (Å²) in [5, 5.41) is 6.96. The second-order valence-corrected chi connectivity index (χ2v) is 3.94. The topological polar surface area (TPSA) is 59.4 Å². The summed E-state index contributed by atoms with van der Waals surface area (Å²) in [6, 6.07) is 1.69. The number of amides is 1. The summed E-state index contributed by atoms with van der Waals surface area (Å²) < 4.78 is 6.51. The molecule has 0 radical (unpaired) electrons. The van der Waals surface area contributed by atoms with Crippen molar-refractivity contribution in [3.8, 4) is 0 Å². The van der Waals surface area contributed by atoms with Gasteiger partial charge < -0.3 is 15.0 Å². The van der Waals surface area contributed by atoms with E-state index in [0.29, 0.717) is 19.0 Å². The van der Waals surface area contributed by atoms with Crippen molar-refractivity contribution in [2.45, 2.75) is 20.6 Å². The second kappa shape index (κ2) is 7.84. The Morgan fingerprint density at radius 3 is 2.83 bits per heavy atom. The summed E-state index contributed by atoms with van der Waals surface area (Å²) in [7, 11) is 1.59. The quantitative estimate of drug-likeness (QED) is 0.736. The van der Waals surface area contributed by atoms with E-state index in [4.69, 9.17) is 4.74 Å². The summed E-state index contributed by atoms with van der Waals surface area (Å²) in [5.74, 6) is -0.142. The van der Waals surface area contributed by atoms with E-state index in [2.05, 4.69) is 29.2 Å². The van der Waals surface area contributed by atoms with Crippen LogP contribution in [0.1, 0.15) is 24.3 Å². The number of likely N-dealkylation sites (N-methyl/N-ethyl adjacent to an activating group) is 1. The van der Waals surface area contributed by atoms with Gasteiger partial charge in [-0.1, -0.05) is 13.8 Å². The van der Waals surface area contributed by atoms with Gasteiger partial charge in [-0.25, -0.2) is 4.68 Å². The van der Waals surface area contributed by atoms with Gasteiger partial charge in [-0.2, -0.15) is 5.10 Å². The van der Waals surface area contributed by atoms with Crippen LogP contribution < -0.4 is 5.32 Å². The molecule has 0 bridgehead atoms. The average molecular weight is 254 g/mol. The maximum atomic E-state index is 11.8. The fraction of sp³-hybridized carbons (Fsp3) is 0.667. The SMILES string of the molecule is CCN(CC)CCNC(=O)c1ccn(COC)n1. The Balaban J connectivity index is 2.35. The number of ether oxygens (including phenoxy) is 1.